The van der Waals surface area contributed by atoms with Crippen LogP contribution >= 0.6 is 15.9 Å². The number of nitrogens with zero attached hydrogens (tertiary/aromatic N) is 8. The first-order valence-corrected chi connectivity index (χ1v) is 35.1. The standard InChI is InChI=1S/C38H25N5O4.C23H21NO2.C16H11N3O2.C12H9BrO.CH3.BH4/c1-3-18-39-36(12-1)46-28-10-5-8-26(22-28)44-30-14-16-32-33-17-15-31(25-35(33)43(34(32)24-30)38-41-20-7-21-42-38)45-27-9-6-11-29(23-27)47-37-13-2-4-19-40-37;1-17-12-13-20(21(14-17)19-10-6-3-7-11-19)15-22(25)23(26)24-16-18-8-4-2-5-9-18;20-10-2-4-12-13-5-3-11(21)9-15(13)19(14(12)8-10)16-17-6-1-7-18-16;13-10-5-4-8-12(9-10)14-11-6-2-1-3-7-11;;/h1-25H;2-14H,15-16H2,1H3,(H,24,26);1-9,20-21H;1-9H;1H3;1H4/q;;;;2*-1. The number of ketones is 1. The minimum atomic E-state index is -0.548. The number of benzene rings is 11. The lowest BCUT2D eigenvalue weighted by Gasteiger charge is -2.11. The van der Waals surface area contributed by atoms with Crippen LogP contribution in [0.5, 0.6) is 69.3 Å². The molecular formula is C90H73BBrN9O9-2. The summed E-state index contributed by atoms with van der Waals surface area (Å²) < 4.78 is 34.9. The van der Waals surface area contributed by atoms with Crippen LogP contribution in [-0.2, 0) is 22.6 Å². The zero-order chi connectivity index (χ0) is 74.0. The molecule has 0 unspecified atom stereocenters. The summed E-state index contributed by atoms with van der Waals surface area (Å²) in [4.78, 5) is 50.7. The molecule has 0 bridgehead atoms. The van der Waals surface area contributed by atoms with Crippen molar-refractivity contribution in [1.29, 1.82) is 0 Å². The van der Waals surface area contributed by atoms with Crippen LogP contribution in [0.15, 0.2) is 345 Å². The lowest BCUT2D eigenvalue weighted by Crippen LogP contribution is -2.31. The van der Waals surface area contributed by atoms with Crippen LogP contribution in [0.1, 0.15) is 16.7 Å². The number of nitrogens with one attached hydrogen (secondary N) is 1. The molecule has 110 heavy (non-hydrogen) atoms. The van der Waals surface area contributed by atoms with Crippen LogP contribution in [0.25, 0.3) is 66.6 Å². The van der Waals surface area contributed by atoms with Gasteiger partial charge in [0.1, 0.15) is 57.5 Å². The molecule has 544 valence electrons. The number of fused-ring (bicyclic) bond motifs is 6. The van der Waals surface area contributed by atoms with Gasteiger partial charge in [-0.05, 0) is 157 Å². The highest BCUT2D eigenvalue weighted by molar-refractivity contribution is 9.10. The number of phenolic OH excluding ortho intramolecular Hbond substituents is 2. The largest absolute Gasteiger partial charge is 0.508 e. The fourth-order valence-corrected chi connectivity index (χ4v) is 12.3. The second-order valence-corrected chi connectivity index (χ2v) is 25.3. The van der Waals surface area contributed by atoms with Crippen LogP contribution in [0.3, 0.4) is 0 Å². The van der Waals surface area contributed by atoms with Gasteiger partial charge in [-0.3, -0.25) is 18.7 Å². The highest BCUT2D eigenvalue weighted by Gasteiger charge is 2.20. The van der Waals surface area contributed by atoms with Gasteiger partial charge < -0.3 is 46.6 Å². The summed E-state index contributed by atoms with van der Waals surface area (Å²) in [7, 11) is 0. The number of aromatic nitrogens is 8. The Morgan fingerprint density at radius 1 is 0.382 bits per heavy atom. The Balaban J connectivity index is 0.000000150. The van der Waals surface area contributed by atoms with E-state index in [1.165, 1.54) is 0 Å². The Hall–Kier alpha value is -14.2. The summed E-state index contributed by atoms with van der Waals surface area (Å²) in [6, 6.07) is 94.7. The third-order valence-corrected chi connectivity index (χ3v) is 17.3. The molecule has 0 saturated carbocycles. The van der Waals surface area contributed by atoms with E-state index in [4.69, 9.17) is 23.7 Å². The minimum absolute atomic E-state index is 0. The molecule has 0 aliphatic carbocycles. The van der Waals surface area contributed by atoms with Gasteiger partial charge in [-0.2, -0.15) is 0 Å². The lowest BCUT2D eigenvalue weighted by atomic mass is 9.94. The monoisotopic (exact) mass is 1510 g/mol. The van der Waals surface area contributed by atoms with Gasteiger partial charge >= 0.3 is 0 Å². The maximum Gasteiger partial charge on any atom is 0.287 e. The smallest absolute Gasteiger partial charge is 0.287 e. The Bertz CT molecular complexity index is 5730. The predicted octanol–water partition coefficient (Wildman–Crippen LogP) is 19.8. The van der Waals surface area contributed by atoms with Gasteiger partial charge in [0, 0.05) is 125 Å². The van der Waals surface area contributed by atoms with Gasteiger partial charge in [0.2, 0.25) is 29.4 Å². The normalized spacial score (nSPS) is 10.5. The van der Waals surface area contributed by atoms with E-state index in [1.54, 1.807) is 85.7 Å². The first-order chi connectivity index (χ1) is 53.0. The van der Waals surface area contributed by atoms with E-state index < -0.39 is 11.7 Å². The molecule has 3 N–H and O–H groups in total. The van der Waals surface area contributed by atoms with Crippen molar-refractivity contribution in [3.63, 3.8) is 0 Å². The highest BCUT2D eigenvalue weighted by atomic mass is 79.9. The van der Waals surface area contributed by atoms with Crippen molar-refractivity contribution in [2.75, 3.05) is 0 Å². The lowest BCUT2D eigenvalue weighted by molar-refractivity contribution is -0.137. The van der Waals surface area contributed by atoms with Crippen molar-refractivity contribution >= 4 is 79.6 Å². The van der Waals surface area contributed by atoms with Crippen LogP contribution in [-0.4, -0.2) is 69.4 Å². The summed E-state index contributed by atoms with van der Waals surface area (Å²) in [5.41, 5.74) is 8.34. The molecule has 0 aliphatic heterocycles. The molecule has 0 atom stereocenters. The van der Waals surface area contributed by atoms with Crippen molar-refractivity contribution < 1.29 is 43.5 Å². The number of halogens is 1. The molecule has 1 amide bonds. The van der Waals surface area contributed by atoms with E-state index >= 15 is 0 Å². The second-order valence-electron chi connectivity index (χ2n) is 24.4. The quantitative estimate of drug-likeness (QED) is 0.0413. The van der Waals surface area contributed by atoms with Gasteiger partial charge in [0.05, 0.1) is 22.1 Å². The van der Waals surface area contributed by atoms with Crippen LogP contribution in [0.4, 0.5) is 0 Å². The average molecular weight is 1520 g/mol. The van der Waals surface area contributed by atoms with E-state index in [0.717, 1.165) is 87.4 Å². The third kappa shape index (κ3) is 19.1. The minimum Gasteiger partial charge on any atom is -0.508 e. The van der Waals surface area contributed by atoms with Crippen molar-refractivity contribution in [2.45, 2.75) is 19.9 Å². The number of carbonyl (C=O) groups excluding carboxylic acids is 2. The number of phenols is 2. The van der Waals surface area contributed by atoms with Crippen LogP contribution in [0.2, 0.25) is 0 Å². The first kappa shape index (κ1) is 75.4. The molecule has 0 aliphatic rings. The highest BCUT2D eigenvalue weighted by Crippen LogP contribution is 2.40. The van der Waals surface area contributed by atoms with Gasteiger partial charge in [0.15, 0.2) is 0 Å². The number of hydrogen-bond donors (Lipinski definition) is 3. The second kappa shape index (κ2) is 36.2. The Morgan fingerprint density at radius 3 is 1.26 bits per heavy atom. The Kier molecular flexibility index (Phi) is 24.8. The summed E-state index contributed by atoms with van der Waals surface area (Å²) in [5.74, 6) is 6.88. The number of Topliss-reactive ketones (excluding diaryl/α,β-unsaturated/α-hetero) is 1. The number of aryl methyl sites for hydroxylation is 1. The number of carbonyl (C=O) groups is 2. The predicted molar refractivity (Wildman–Crippen MR) is 440 cm³/mol. The van der Waals surface area contributed by atoms with E-state index in [9.17, 15) is 19.8 Å². The summed E-state index contributed by atoms with van der Waals surface area (Å²) in [5, 5.41) is 26.2. The first-order valence-electron chi connectivity index (χ1n) is 34.3. The Morgan fingerprint density at radius 2 is 0.782 bits per heavy atom. The number of pyridine rings is 2. The number of rotatable bonds is 18. The van der Waals surface area contributed by atoms with E-state index in [-0.39, 0.29) is 33.8 Å². The molecule has 0 fully saturated rings. The Labute approximate surface area is 644 Å². The average Bonchev–Trinajstić information content (AvgIpc) is 1.60. The molecule has 6 aromatic heterocycles. The van der Waals surface area contributed by atoms with E-state index in [1.807, 2.05) is 265 Å². The van der Waals surface area contributed by atoms with Crippen molar-refractivity contribution in [3.05, 3.63) is 369 Å². The van der Waals surface area contributed by atoms with E-state index in [0.29, 0.717) is 64.7 Å². The summed E-state index contributed by atoms with van der Waals surface area (Å²) >= 11 is 3.40. The summed E-state index contributed by atoms with van der Waals surface area (Å²) in [6.45, 7) is 2.37. The summed E-state index contributed by atoms with van der Waals surface area (Å²) in [6.07, 6.45) is 10.2. The van der Waals surface area contributed by atoms with Crippen LogP contribution in [0, 0.1) is 14.4 Å². The number of hydrogen-bond acceptors (Lipinski definition) is 15. The molecule has 18 nitrogen and oxygen atoms in total. The van der Waals surface area contributed by atoms with Crippen molar-refractivity contribution in [1.82, 2.24) is 44.4 Å². The SMILES string of the molecule is Brc1cccc(Oc2ccccc2)c1.Cc1ccc(CC(=O)C(=O)NCc2ccccc2)c(-c2ccccc2)c1.Oc1ccc2c3ccc(O)cc3n(-c3ncccn3)c2c1.[BH4-].[CH3-].c1ccc(Oc2cccc(Oc3ccc4c5ccc(Oc6cccc(Oc7ccccn7)c6)cc5n(-c5ncccn5)c4c3)c2)nc1. The molecule has 0 spiro atoms. The molecule has 11 aromatic carbocycles. The van der Waals surface area contributed by atoms with Crippen molar-refractivity contribution in [3.8, 4) is 92.3 Å². The molecular weight excluding hydrogens is 1440 g/mol. The van der Waals surface area contributed by atoms with Gasteiger partial charge in [-0.15, -0.1) is 0 Å². The van der Waals surface area contributed by atoms with Gasteiger partial charge in [-0.1, -0.05) is 157 Å². The molecule has 20 heteroatoms. The van der Waals surface area contributed by atoms with Crippen LogP contribution < -0.4 is 29.0 Å². The molecule has 17 aromatic rings. The van der Waals surface area contributed by atoms with Gasteiger partial charge in [-0.25, -0.2) is 29.9 Å². The van der Waals surface area contributed by atoms with Gasteiger partial charge in [0.25, 0.3) is 5.91 Å². The molecule has 6 heterocycles. The topological polar surface area (TPSA) is 220 Å². The fourth-order valence-electron chi connectivity index (χ4n) is 11.9. The molecule has 17 rings (SSSR count). The number of ether oxygens (including phenoxy) is 5. The third-order valence-electron chi connectivity index (χ3n) is 16.8. The zero-order valence-corrected chi connectivity index (χ0v) is 60.5. The van der Waals surface area contributed by atoms with Crippen molar-refractivity contribution in [2.24, 2.45) is 0 Å². The maximum atomic E-state index is 12.4. The number of para-hydroxylation sites is 1. The molecule has 0 radical (unpaired) electrons. The molecule has 0 saturated heterocycles. The number of amides is 1. The fraction of sp³-hybridized carbons (Fsp3) is 0.0333. The van der Waals surface area contributed by atoms with E-state index in [2.05, 4.69) is 57.2 Å². The number of aromatic hydroxyl groups is 2. The maximum absolute atomic E-state index is 12.4. The zero-order valence-electron chi connectivity index (χ0n) is 59.0.